The van der Waals surface area contributed by atoms with E-state index in [9.17, 15) is 13.0 Å². The molecule has 0 amide bonds. The molecule has 0 atom stereocenters. The fraction of sp³-hybridized carbons (Fsp3) is 0.462. The Morgan fingerprint density at radius 1 is 1.00 bits per heavy atom. The molecule has 0 N–H and O–H groups in total. The second-order valence-electron chi connectivity index (χ2n) is 10.5. The van der Waals surface area contributed by atoms with Crippen molar-refractivity contribution in [2.24, 2.45) is 0 Å². The van der Waals surface area contributed by atoms with Crippen molar-refractivity contribution in [1.82, 2.24) is 0 Å². The van der Waals surface area contributed by atoms with Gasteiger partial charge in [0.15, 0.2) is 9.84 Å². The topological polar surface area (TPSA) is 69.7 Å². The largest absolute Gasteiger partial charge is 0.405 e. The van der Waals surface area contributed by atoms with Crippen LogP contribution in [-0.4, -0.2) is 31.6 Å². The first-order valence-corrected chi connectivity index (χ1v) is 16.8. The summed E-state index contributed by atoms with van der Waals surface area (Å²) in [7, 11) is -8.19. The van der Waals surface area contributed by atoms with Gasteiger partial charge in [-0.05, 0) is 70.9 Å². The maximum atomic E-state index is 15.7. The van der Waals surface area contributed by atoms with Gasteiger partial charge >= 0.3 is 13.3 Å². The van der Waals surface area contributed by atoms with Crippen LogP contribution in [0.4, 0.5) is 8.78 Å². The van der Waals surface area contributed by atoms with Gasteiger partial charge in [0.1, 0.15) is 0 Å². The van der Waals surface area contributed by atoms with E-state index in [1.165, 1.54) is 12.3 Å². The van der Waals surface area contributed by atoms with Crippen LogP contribution in [0.15, 0.2) is 57.9 Å². The molecule has 0 radical (unpaired) electrons. The van der Waals surface area contributed by atoms with E-state index in [4.69, 9.17) is 9.05 Å². The molecule has 0 aliphatic carbocycles. The summed E-state index contributed by atoms with van der Waals surface area (Å²) in [6, 6.07) is 11.1. The van der Waals surface area contributed by atoms with Crippen LogP contribution in [-0.2, 0) is 34.9 Å². The van der Waals surface area contributed by atoms with Gasteiger partial charge in [-0.1, -0.05) is 52.3 Å². The summed E-state index contributed by atoms with van der Waals surface area (Å²) in [5, 5.41) is 0. The Kier molecular flexibility index (Phi) is 10.4. The van der Waals surface area contributed by atoms with Crippen molar-refractivity contribution in [3.63, 3.8) is 0 Å². The molecule has 0 saturated carbocycles. The van der Waals surface area contributed by atoms with Crippen molar-refractivity contribution in [2.45, 2.75) is 69.1 Å². The molecule has 0 aliphatic rings. The average molecular weight is 640 g/mol. The quantitative estimate of drug-likeness (QED) is 0.192. The Labute approximate surface area is 232 Å². The maximum absolute atomic E-state index is 15.7. The molecule has 206 valence electrons. The lowest BCUT2D eigenvalue weighted by molar-refractivity contribution is -0.0216. The summed E-state index contributed by atoms with van der Waals surface area (Å²) < 4.78 is 79.1. The van der Waals surface area contributed by atoms with E-state index in [0.29, 0.717) is 11.5 Å². The van der Waals surface area contributed by atoms with Crippen molar-refractivity contribution in [3.8, 4) is 0 Å². The fourth-order valence-electron chi connectivity index (χ4n) is 3.17. The highest BCUT2D eigenvalue weighted by Crippen LogP contribution is 2.70. The minimum atomic E-state index is -4.92. The van der Waals surface area contributed by atoms with Crippen LogP contribution in [0.3, 0.4) is 0 Å². The second-order valence-corrected chi connectivity index (χ2v) is 16.3. The van der Waals surface area contributed by atoms with E-state index in [-0.39, 0.29) is 9.37 Å². The molecule has 0 aliphatic heterocycles. The number of hydrogen-bond acceptors (Lipinski definition) is 6. The predicted octanol–water partition coefficient (Wildman–Crippen LogP) is 8.67. The minimum Gasteiger partial charge on any atom is -0.298 e. The summed E-state index contributed by atoms with van der Waals surface area (Å²) in [6.45, 7) is 9.30. The van der Waals surface area contributed by atoms with E-state index in [1.54, 1.807) is 83.6 Å². The van der Waals surface area contributed by atoms with E-state index in [1.807, 2.05) is 18.2 Å². The first-order valence-electron chi connectivity index (χ1n) is 11.5. The molecule has 0 saturated heterocycles. The van der Waals surface area contributed by atoms with E-state index in [0.717, 1.165) is 11.1 Å². The van der Waals surface area contributed by atoms with Gasteiger partial charge in [-0.3, -0.25) is 13.6 Å². The Balaban J connectivity index is 2.14. The number of sulfone groups is 1. The van der Waals surface area contributed by atoms with Crippen LogP contribution in [0.2, 0.25) is 0 Å². The summed E-state index contributed by atoms with van der Waals surface area (Å²) >= 11 is 4.79. The van der Waals surface area contributed by atoms with Crippen molar-refractivity contribution >= 4 is 51.2 Å². The molecule has 11 heteroatoms. The monoisotopic (exact) mass is 638 g/mol. The Bertz CT molecular complexity index is 1260. The molecule has 2 rings (SSSR count). The molecule has 0 heterocycles. The standard InChI is InChI=1S/C26H34BrF2O5PS2/c1-24(2,3)33-35(30,34-25(4,5)6)26(28,29)22-14-13-20(17-23(22)27)18-36-15-9-11-19-10-8-12-21(16-19)37(7,31)32/h8-14,16-17H,15,18H2,1-7H3. The van der Waals surface area contributed by atoms with E-state index in [2.05, 4.69) is 15.9 Å². The van der Waals surface area contributed by atoms with E-state index < -0.39 is 39.9 Å². The van der Waals surface area contributed by atoms with Crippen LogP contribution in [0.25, 0.3) is 6.08 Å². The van der Waals surface area contributed by atoms with Gasteiger partial charge in [0.05, 0.1) is 16.1 Å². The van der Waals surface area contributed by atoms with Crippen LogP contribution in [0.5, 0.6) is 0 Å². The van der Waals surface area contributed by atoms with Crippen molar-refractivity contribution in [3.05, 3.63) is 69.7 Å². The van der Waals surface area contributed by atoms with Gasteiger partial charge in [0.25, 0.3) is 0 Å². The zero-order valence-corrected chi connectivity index (χ0v) is 26.2. The minimum absolute atomic E-state index is 0.110. The first kappa shape index (κ1) is 32.2. The smallest absolute Gasteiger partial charge is 0.298 e. The Hall–Kier alpha value is -1.03. The molecule has 0 bridgehead atoms. The zero-order chi connectivity index (χ0) is 28.3. The molecule has 2 aromatic carbocycles. The van der Waals surface area contributed by atoms with Crippen LogP contribution >= 0.6 is 35.3 Å². The van der Waals surface area contributed by atoms with Gasteiger partial charge in [-0.25, -0.2) is 8.42 Å². The third-order valence-corrected chi connectivity index (χ3v) is 9.81. The fourth-order valence-corrected chi connectivity index (χ4v) is 7.64. The van der Waals surface area contributed by atoms with Gasteiger partial charge in [-0.15, -0.1) is 0 Å². The molecular weight excluding hydrogens is 605 g/mol. The Morgan fingerprint density at radius 3 is 2.11 bits per heavy atom. The molecule has 0 fully saturated rings. The van der Waals surface area contributed by atoms with Crippen molar-refractivity contribution < 1.29 is 30.8 Å². The lowest BCUT2D eigenvalue weighted by Gasteiger charge is -2.36. The van der Waals surface area contributed by atoms with Gasteiger partial charge < -0.3 is 0 Å². The molecule has 0 unspecified atom stereocenters. The number of rotatable bonds is 10. The third-order valence-electron chi connectivity index (χ3n) is 4.57. The Morgan fingerprint density at radius 2 is 1.59 bits per heavy atom. The lowest BCUT2D eigenvalue weighted by Crippen LogP contribution is -2.30. The summed E-state index contributed by atoms with van der Waals surface area (Å²) in [5.74, 6) is 1.18. The van der Waals surface area contributed by atoms with Crippen LogP contribution in [0, 0.1) is 0 Å². The summed E-state index contributed by atoms with van der Waals surface area (Å²) in [5.41, 5.74) is -5.02. The molecular formula is C26H34BrF2O5PS2. The van der Waals surface area contributed by atoms with Gasteiger partial charge in [-0.2, -0.15) is 20.5 Å². The molecule has 5 nitrogen and oxygen atoms in total. The van der Waals surface area contributed by atoms with Crippen molar-refractivity contribution in [1.29, 1.82) is 0 Å². The predicted molar refractivity (Wildman–Crippen MR) is 152 cm³/mol. The number of benzene rings is 2. The number of hydrogen-bond donors (Lipinski definition) is 0. The van der Waals surface area contributed by atoms with Gasteiger partial charge in [0.2, 0.25) is 0 Å². The second kappa shape index (κ2) is 12.0. The summed E-state index contributed by atoms with van der Waals surface area (Å²) in [6.07, 6.45) is 4.91. The summed E-state index contributed by atoms with van der Waals surface area (Å²) in [4.78, 5) is 0.259. The number of halogens is 3. The highest BCUT2D eigenvalue weighted by Gasteiger charge is 2.59. The first-order chi connectivity index (χ1) is 16.7. The number of thioether (sulfide) groups is 1. The van der Waals surface area contributed by atoms with Crippen molar-refractivity contribution in [2.75, 3.05) is 12.0 Å². The molecule has 37 heavy (non-hydrogen) atoms. The highest BCUT2D eigenvalue weighted by molar-refractivity contribution is 9.10. The zero-order valence-electron chi connectivity index (χ0n) is 22.0. The number of alkyl halides is 2. The molecule has 0 aromatic heterocycles. The molecule has 2 aromatic rings. The van der Waals surface area contributed by atoms with Crippen LogP contribution in [0.1, 0.15) is 58.2 Å². The third kappa shape index (κ3) is 9.59. The van der Waals surface area contributed by atoms with Gasteiger partial charge in [0, 0.05) is 27.8 Å². The SMILES string of the molecule is CC(C)(C)OP(=O)(OC(C)(C)C)C(F)(F)c1ccc(CSCC=Cc2cccc(S(C)(=O)=O)c2)cc1Br. The molecule has 0 spiro atoms. The van der Waals surface area contributed by atoms with E-state index >= 15 is 8.78 Å². The van der Waals surface area contributed by atoms with Crippen LogP contribution < -0.4 is 0 Å². The normalized spacial score (nSPS) is 13.9. The average Bonchev–Trinajstić information content (AvgIpc) is 2.70. The highest BCUT2D eigenvalue weighted by atomic mass is 79.9. The maximum Gasteiger partial charge on any atom is 0.405 e. The lowest BCUT2D eigenvalue weighted by atomic mass is 10.1.